The van der Waals surface area contributed by atoms with Crippen LogP contribution < -0.4 is 5.32 Å². The zero-order valence-corrected chi connectivity index (χ0v) is 11.0. The van der Waals surface area contributed by atoms with E-state index in [4.69, 9.17) is 5.11 Å². The first kappa shape index (κ1) is 14.2. The van der Waals surface area contributed by atoms with Gasteiger partial charge in [-0.2, -0.15) is 0 Å². The van der Waals surface area contributed by atoms with Crippen molar-refractivity contribution in [3.63, 3.8) is 0 Å². The molecule has 1 amide bonds. The minimum atomic E-state index is -1.05. The van der Waals surface area contributed by atoms with Crippen molar-refractivity contribution in [3.8, 4) is 0 Å². The zero-order valence-electron chi connectivity index (χ0n) is 11.0. The van der Waals surface area contributed by atoms with E-state index in [1.807, 2.05) is 0 Å². The molecule has 5 heteroatoms. The number of rotatable bonds is 3. The molecule has 0 saturated carbocycles. The lowest BCUT2D eigenvalue weighted by atomic mass is 9.86. The number of nitrogens with zero attached hydrogens (tertiary/aromatic N) is 1. The Labute approximate surface area is 106 Å². The Morgan fingerprint density at radius 3 is 2.44 bits per heavy atom. The van der Waals surface area contributed by atoms with Gasteiger partial charge in [0, 0.05) is 6.20 Å². The molecule has 98 valence electrons. The van der Waals surface area contributed by atoms with Crippen LogP contribution in [-0.2, 0) is 4.79 Å². The van der Waals surface area contributed by atoms with Crippen molar-refractivity contribution in [3.05, 3.63) is 29.6 Å². The van der Waals surface area contributed by atoms with Gasteiger partial charge in [-0.05, 0) is 24.0 Å². The van der Waals surface area contributed by atoms with Crippen molar-refractivity contribution in [1.82, 2.24) is 10.3 Å². The van der Waals surface area contributed by atoms with E-state index in [9.17, 15) is 9.59 Å². The van der Waals surface area contributed by atoms with Crippen LogP contribution in [0.1, 0.15) is 36.8 Å². The number of carbonyl (C=O) groups excluding carboxylic acids is 1. The summed E-state index contributed by atoms with van der Waals surface area (Å²) < 4.78 is 0. The van der Waals surface area contributed by atoms with Gasteiger partial charge in [-0.25, -0.2) is 4.79 Å². The number of aromatic nitrogens is 1. The van der Waals surface area contributed by atoms with E-state index in [1.54, 1.807) is 39.8 Å². The van der Waals surface area contributed by atoms with E-state index in [0.717, 1.165) is 0 Å². The summed E-state index contributed by atoms with van der Waals surface area (Å²) in [5.41, 5.74) is 0.408. The Balaban J connectivity index is 2.93. The van der Waals surface area contributed by atoms with Crippen molar-refractivity contribution in [2.75, 3.05) is 0 Å². The fraction of sp³-hybridized carbons (Fsp3) is 0.462. The van der Waals surface area contributed by atoms with Gasteiger partial charge < -0.3 is 10.4 Å². The van der Waals surface area contributed by atoms with E-state index in [0.29, 0.717) is 5.56 Å². The highest BCUT2D eigenvalue weighted by Gasteiger charge is 2.33. The van der Waals surface area contributed by atoms with Gasteiger partial charge in [-0.15, -0.1) is 0 Å². The maximum Gasteiger partial charge on any atom is 0.326 e. The van der Waals surface area contributed by atoms with Gasteiger partial charge in [0.2, 0.25) is 0 Å². The number of carbonyl (C=O) groups is 2. The molecule has 1 aromatic rings. The second-order valence-electron chi connectivity index (χ2n) is 5.28. The van der Waals surface area contributed by atoms with Crippen molar-refractivity contribution in [2.24, 2.45) is 5.41 Å². The second-order valence-corrected chi connectivity index (χ2v) is 5.28. The van der Waals surface area contributed by atoms with Crippen LogP contribution >= 0.6 is 0 Å². The molecule has 0 aliphatic rings. The molecule has 1 aromatic heterocycles. The minimum absolute atomic E-state index is 0.257. The van der Waals surface area contributed by atoms with Crippen molar-refractivity contribution in [1.29, 1.82) is 0 Å². The minimum Gasteiger partial charge on any atom is -0.480 e. The molecule has 0 aliphatic heterocycles. The number of carboxylic acids is 1. The number of amides is 1. The number of hydrogen-bond acceptors (Lipinski definition) is 3. The first-order chi connectivity index (χ1) is 8.23. The van der Waals surface area contributed by atoms with E-state index in [2.05, 4.69) is 10.3 Å². The molecule has 5 nitrogen and oxygen atoms in total. The lowest BCUT2D eigenvalue weighted by Crippen LogP contribution is -2.49. The van der Waals surface area contributed by atoms with Gasteiger partial charge in [0.05, 0.1) is 0 Å². The van der Waals surface area contributed by atoms with Gasteiger partial charge in [0.25, 0.3) is 5.91 Å². The van der Waals surface area contributed by atoms with Crippen LogP contribution in [0.25, 0.3) is 0 Å². The summed E-state index contributed by atoms with van der Waals surface area (Å²) in [7, 11) is 0. The van der Waals surface area contributed by atoms with Crippen molar-refractivity contribution in [2.45, 2.75) is 33.7 Å². The Hall–Kier alpha value is -1.91. The van der Waals surface area contributed by atoms with Crippen molar-refractivity contribution >= 4 is 11.9 Å². The second kappa shape index (κ2) is 5.16. The summed E-state index contributed by atoms with van der Waals surface area (Å²) in [6.45, 7) is 7.04. The number of carboxylic acid groups (broad SMARTS) is 1. The quantitative estimate of drug-likeness (QED) is 0.854. The Morgan fingerprint density at radius 1 is 1.39 bits per heavy atom. The summed E-state index contributed by atoms with van der Waals surface area (Å²) in [6.07, 6.45) is 1.51. The maximum atomic E-state index is 12.0. The summed E-state index contributed by atoms with van der Waals surface area (Å²) in [5.74, 6) is -1.51. The third kappa shape index (κ3) is 3.29. The normalized spacial score (nSPS) is 12.9. The van der Waals surface area contributed by atoms with Crippen LogP contribution in [-0.4, -0.2) is 28.0 Å². The predicted molar refractivity (Wildman–Crippen MR) is 67.3 cm³/mol. The summed E-state index contributed by atoms with van der Waals surface area (Å²) >= 11 is 0. The molecule has 1 rings (SSSR count). The molecule has 0 radical (unpaired) electrons. The molecule has 0 saturated heterocycles. The Morgan fingerprint density at radius 2 is 2.00 bits per heavy atom. The first-order valence-electron chi connectivity index (χ1n) is 5.69. The molecule has 0 bridgehead atoms. The summed E-state index contributed by atoms with van der Waals surface area (Å²) in [6, 6.07) is 2.53. The van der Waals surface area contributed by atoms with Gasteiger partial charge in [0.1, 0.15) is 11.7 Å². The van der Waals surface area contributed by atoms with Crippen LogP contribution in [0.3, 0.4) is 0 Å². The van der Waals surface area contributed by atoms with E-state index in [-0.39, 0.29) is 5.69 Å². The molecule has 1 atom stereocenters. The summed E-state index contributed by atoms with van der Waals surface area (Å²) in [5, 5.41) is 11.7. The lowest BCUT2D eigenvalue weighted by Gasteiger charge is -2.27. The summed E-state index contributed by atoms with van der Waals surface area (Å²) in [4.78, 5) is 27.1. The molecule has 0 aromatic carbocycles. The van der Waals surface area contributed by atoms with Crippen LogP contribution in [0, 0.1) is 12.3 Å². The number of pyridine rings is 1. The average Bonchev–Trinajstić information content (AvgIpc) is 2.24. The van der Waals surface area contributed by atoms with Gasteiger partial charge in [-0.3, -0.25) is 9.78 Å². The number of aryl methyl sites for hydroxylation is 1. The standard InChI is InChI=1S/C13H18N2O3/c1-8-6-5-7-14-9(8)11(16)15-10(12(17)18)13(2,3)4/h5-7,10H,1-4H3,(H,15,16)(H,17,18)/t10-/m0/s1. The first-order valence-corrected chi connectivity index (χ1v) is 5.69. The molecule has 0 spiro atoms. The van der Waals surface area contributed by atoms with Crippen LogP contribution in [0.2, 0.25) is 0 Å². The molecular weight excluding hydrogens is 232 g/mol. The van der Waals surface area contributed by atoms with Crippen LogP contribution in [0.4, 0.5) is 0 Å². The topological polar surface area (TPSA) is 79.3 Å². The van der Waals surface area contributed by atoms with E-state index >= 15 is 0 Å². The molecule has 0 aliphatic carbocycles. The average molecular weight is 250 g/mol. The largest absolute Gasteiger partial charge is 0.480 e. The Bertz CT molecular complexity index is 464. The highest BCUT2D eigenvalue weighted by molar-refractivity contribution is 5.96. The van der Waals surface area contributed by atoms with Gasteiger partial charge in [0.15, 0.2) is 0 Å². The molecule has 18 heavy (non-hydrogen) atoms. The predicted octanol–water partition coefficient (Wildman–Crippen LogP) is 1.62. The lowest BCUT2D eigenvalue weighted by molar-refractivity contribution is -0.142. The zero-order chi connectivity index (χ0) is 13.9. The smallest absolute Gasteiger partial charge is 0.326 e. The van der Waals surface area contributed by atoms with Gasteiger partial charge in [-0.1, -0.05) is 26.8 Å². The van der Waals surface area contributed by atoms with E-state index < -0.39 is 23.3 Å². The molecular formula is C13H18N2O3. The Kier molecular flexibility index (Phi) is 4.06. The number of nitrogens with one attached hydrogen (secondary N) is 1. The van der Waals surface area contributed by atoms with Gasteiger partial charge >= 0.3 is 5.97 Å². The van der Waals surface area contributed by atoms with Crippen LogP contribution in [0.15, 0.2) is 18.3 Å². The molecule has 0 fully saturated rings. The highest BCUT2D eigenvalue weighted by atomic mass is 16.4. The molecule has 0 unspecified atom stereocenters. The third-order valence-corrected chi connectivity index (χ3v) is 2.61. The highest BCUT2D eigenvalue weighted by Crippen LogP contribution is 2.20. The number of aliphatic carboxylic acids is 1. The van der Waals surface area contributed by atoms with E-state index in [1.165, 1.54) is 6.20 Å². The monoisotopic (exact) mass is 250 g/mol. The van der Waals surface area contributed by atoms with Crippen molar-refractivity contribution < 1.29 is 14.7 Å². The molecule has 2 N–H and O–H groups in total. The third-order valence-electron chi connectivity index (χ3n) is 2.61. The maximum absolute atomic E-state index is 12.0. The number of hydrogen-bond donors (Lipinski definition) is 2. The fourth-order valence-corrected chi connectivity index (χ4v) is 1.57. The SMILES string of the molecule is Cc1cccnc1C(=O)N[C@@H](C(=O)O)C(C)(C)C. The van der Waals surface area contributed by atoms with Crippen LogP contribution in [0.5, 0.6) is 0 Å². The molecule has 1 heterocycles. The fourth-order valence-electron chi connectivity index (χ4n) is 1.57.